The first-order valence-corrected chi connectivity index (χ1v) is 11.5. The first kappa shape index (κ1) is 20.7. The molecule has 2 aromatic carbocycles. The van der Waals surface area contributed by atoms with Gasteiger partial charge in [-0.15, -0.1) is 0 Å². The highest BCUT2D eigenvalue weighted by Gasteiger charge is 2.33. The lowest BCUT2D eigenvalue weighted by atomic mass is 9.99. The summed E-state index contributed by atoms with van der Waals surface area (Å²) in [5.41, 5.74) is 2.09. The van der Waals surface area contributed by atoms with Crippen molar-refractivity contribution in [2.75, 3.05) is 13.1 Å². The summed E-state index contributed by atoms with van der Waals surface area (Å²) < 4.78 is 46.2. The maximum Gasteiger partial charge on any atom is 0.243 e. The highest BCUT2D eigenvalue weighted by Crippen LogP contribution is 2.31. The van der Waals surface area contributed by atoms with Gasteiger partial charge in [0.15, 0.2) is 0 Å². The predicted molar refractivity (Wildman–Crippen MR) is 111 cm³/mol. The molecule has 0 bridgehead atoms. The molecule has 158 valence electrons. The Hall–Kier alpha value is -2.58. The van der Waals surface area contributed by atoms with Crippen LogP contribution in [0.3, 0.4) is 0 Å². The van der Waals surface area contributed by atoms with Gasteiger partial charge in [-0.2, -0.15) is 9.29 Å². The van der Waals surface area contributed by atoms with Crippen molar-refractivity contribution in [2.24, 2.45) is 0 Å². The number of benzene rings is 2. The standard InChI is InChI=1S/C22H24FN3O3S/c1-15(2)16-8-10-17(11-9-16)21-24-22(29-25-21)18-5-4-12-26(14-18)30(27,28)20-7-3-6-19(23)13-20/h3,6-11,13,15,18H,4-5,12,14H2,1-2H3/t18-/m1/s1. The molecule has 1 atom stereocenters. The molecule has 1 saturated heterocycles. The number of rotatable bonds is 5. The van der Waals surface area contributed by atoms with Crippen LogP contribution in [0.25, 0.3) is 11.4 Å². The van der Waals surface area contributed by atoms with Crippen LogP contribution >= 0.6 is 0 Å². The summed E-state index contributed by atoms with van der Waals surface area (Å²) in [7, 11) is -3.78. The Morgan fingerprint density at radius 2 is 1.93 bits per heavy atom. The molecule has 0 amide bonds. The minimum atomic E-state index is -3.78. The minimum absolute atomic E-state index is 0.0420. The van der Waals surface area contributed by atoms with Crippen molar-refractivity contribution in [3.63, 3.8) is 0 Å². The predicted octanol–water partition coefficient (Wildman–Crippen LogP) is 4.57. The quantitative estimate of drug-likeness (QED) is 0.594. The first-order valence-electron chi connectivity index (χ1n) is 10.0. The van der Waals surface area contributed by atoms with E-state index >= 15 is 0 Å². The number of halogens is 1. The maximum absolute atomic E-state index is 13.5. The largest absolute Gasteiger partial charge is 0.339 e. The summed E-state index contributed by atoms with van der Waals surface area (Å²) in [6, 6.07) is 13.1. The Labute approximate surface area is 175 Å². The zero-order valence-corrected chi connectivity index (χ0v) is 17.8. The third-order valence-corrected chi connectivity index (χ3v) is 7.31. The molecule has 4 rings (SSSR count). The van der Waals surface area contributed by atoms with Crippen molar-refractivity contribution in [3.8, 4) is 11.4 Å². The number of hydrogen-bond donors (Lipinski definition) is 0. The van der Waals surface area contributed by atoms with E-state index in [0.717, 1.165) is 18.1 Å². The van der Waals surface area contributed by atoms with Gasteiger partial charge in [-0.3, -0.25) is 0 Å². The molecule has 0 aliphatic carbocycles. The van der Waals surface area contributed by atoms with E-state index in [4.69, 9.17) is 4.52 Å². The van der Waals surface area contributed by atoms with Gasteiger partial charge in [0.1, 0.15) is 5.82 Å². The third kappa shape index (κ3) is 4.15. The average molecular weight is 430 g/mol. The molecular weight excluding hydrogens is 405 g/mol. The van der Waals surface area contributed by atoms with E-state index in [-0.39, 0.29) is 17.4 Å². The summed E-state index contributed by atoms with van der Waals surface area (Å²) in [5.74, 6) is 0.587. The Morgan fingerprint density at radius 3 is 2.63 bits per heavy atom. The van der Waals surface area contributed by atoms with Crippen molar-refractivity contribution < 1.29 is 17.3 Å². The topological polar surface area (TPSA) is 76.3 Å². The number of sulfonamides is 1. The normalized spacial score (nSPS) is 18.1. The second-order valence-corrected chi connectivity index (χ2v) is 9.83. The SMILES string of the molecule is CC(C)c1ccc(-c2noc([C@@H]3CCCN(S(=O)(=O)c4cccc(F)c4)C3)n2)cc1. The van der Waals surface area contributed by atoms with Crippen LogP contribution in [0.4, 0.5) is 4.39 Å². The number of piperidine rings is 1. The maximum atomic E-state index is 13.5. The number of aromatic nitrogens is 2. The van der Waals surface area contributed by atoms with Crippen LogP contribution in [-0.4, -0.2) is 36.0 Å². The van der Waals surface area contributed by atoms with E-state index in [1.807, 2.05) is 24.3 Å². The molecule has 2 heterocycles. The molecule has 1 aliphatic heterocycles. The van der Waals surface area contributed by atoms with Gasteiger partial charge in [-0.05, 0) is 42.5 Å². The van der Waals surface area contributed by atoms with Crippen molar-refractivity contribution in [2.45, 2.75) is 43.4 Å². The highest BCUT2D eigenvalue weighted by atomic mass is 32.2. The molecule has 30 heavy (non-hydrogen) atoms. The summed E-state index contributed by atoms with van der Waals surface area (Å²) in [5, 5.41) is 4.09. The summed E-state index contributed by atoms with van der Waals surface area (Å²) in [4.78, 5) is 4.48. The van der Waals surface area contributed by atoms with Crippen LogP contribution in [0.2, 0.25) is 0 Å². The summed E-state index contributed by atoms with van der Waals surface area (Å²) in [6.45, 7) is 4.88. The smallest absolute Gasteiger partial charge is 0.243 e. The van der Waals surface area contributed by atoms with Crippen LogP contribution in [0.1, 0.15) is 50.0 Å². The van der Waals surface area contributed by atoms with Gasteiger partial charge in [0.05, 0.1) is 10.8 Å². The molecule has 8 heteroatoms. The molecule has 6 nitrogen and oxygen atoms in total. The zero-order chi connectivity index (χ0) is 21.3. The van der Waals surface area contributed by atoms with Crippen LogP contribution in [0, 0.1) is 5.82 Å². The van der Waals surface area contributed by atoms with Crippen LogP contribution in [-0.2, 0) is 10.0 Å². The first-order chi connectivity index (χ1) is 14.3. The molecule has 1 aromatic heterocycles. The third-order valence-electron chi connectivity index (χ3n) is 5.44. The molecular formula is C22H24FN3O3S. The van der Waals surface area contributed by atoms with Crippen molar-refractivity contribution >= 4 is 10.0 Å². The van der Waals surface area contributed by atoms with E-state index in [2.05, 4.69) is 24.0 Å². The number of nitrogens with zero attached hydrogens (tertiary/aromatic N) is 3. The van der Waals surface area contributed by atoms with Gasteiger partial charge < -0.3 is 4.52 Å². The summed E-state index contributed by atoms with van der Waals surface area (Å²) in [6.07, 6.45) is 1.42. The van der Waals surface area contributed by atoms with Gasteiger partial charge in [-0.1, -0.05) is 49.3 Å². The fourth-order valence-electron chi connectivity index (χ4n) is 3.67. The van der Waals surface area contributed by atoms with E-state index in [9.17, 15) is 12.8 Å². The van der Waals surface area contributed by atoms with Gasteiger partial charge in [0, 0.05) is 18.7 Å². The Morgan fingerprint density at radius 1 is 1.17 bits per heavy atom. The Balaban J connectivity index is 1.53. The lowest BCUT2D eigenvalue weighted by molar-refractivity contribution is 0.265. The van der Waals surface area contributed by atoms with E-state index in [0.29, 0.717) is 30.6 Å². The van der Waals surface area contributed by atoms with Gasteiger partial charge in [0.25, 0.3) is 0 Å². The Bertz CT molecular complexity index is 1130. The highest BCUT2D eigenvalue weighted by molar-refractivity contribution is 7.89. The second-order valence-electron chi connectivity index (χ2n) is 7.89. The van der Waals surface area contributed by atoms with Crippen molar-refractivity contribution in [1.82, 2.24) is 14.4 Å². The minimum Gasteiger partial charge on any atom is -0.339 e. The molecule has 1 fully saturated rings. The fraction of sp³-hybridized carbons (Fsp3) is 0.364. The molecule has 3 aromatic rings. The Kier molecular flexibility index (Phi) is 5.71. The summed E-state index contributed by atoms with van der Waals surface area (Å²) >= 11 is 0. The molecule has 0 spiro atoms. The van der Waals surface area contributed by atoms with E-state index in [1.165, 1.54) is 28.1 Å². The molecule has 0 unspecified atom stereocenters. The van der Waals surface area contributed by atoms with Gasteiger partial charge >= 0.3 is 0 Å². The number of hydrogen-bond acceptors (Lipinski definition) is 5. The molecule has 0 N–H and O–H groups in total. The fourth-order valence-corrected chi connectivity index (χ4v) is 5.23. The van der Waals surface area contributed by atoms with E-state index in [1.54, 1.807) is 0 Å². The van der Waals surface area contributed by atoms with Gasteiger partial charge in [0.2, 0.25) is 21.7 Å². The lowest BCUT2D eigenvalue weighted by Gasteiger charge is -2.30. The van der Waals surface area contributed by atoms with Gasteiger partial charge in [-0.25, -0.2) is 12.8 Å². The molecule has 0 saturated carbocycles. The molecule has 0 radical (unpaired) electrons. The van der Waals surface area contributed by atoms with Crippen LogP contribution < -0.4 is 0 Å². The van der Waals surface area contributed by atoms with Crippen molar-refractivity contribution in [1.29, 1.82) is 0 Å². The monoisotopic (exact) mass is 429 g/mol. The zero-order valence-electron chi connectivity index (χ0n) is 17.0. The molecule has 1 aliphatic rings. The second kappa shape index (κ2) is 8.28. The average Bonchev–Trinajstić information content (AvgIpc) is 3.24. The van der Waals surface area contributed by atoms with Crippen molar-refractivity contribution in [3.05, 3.63) is 65.8 Å². The van der Waals surface area contributed by atoms with Crippen LogP contribution in [0.15, 0.2) is 57.9 Å². The van der Waals surface area contributed by atoms with E-state index < -0.39 is 15.8 Å². The lowest BCUT2D eigenvalue weighted by Crippen LogP contribution is -2.39. The van der Waals surface area contributed by atoms with Crippen LogP contribution in [0.5, 0.6) is 0 Å².